The molecule has 0 saturated carbocycles. The molecule has 1 N–H and O–H groups in total. The first-order valence-electron chi connectivity index (χ1n) is 9.04. The number of amides is 1. The molecule has 8 heteroatoms. The molecule has 4 aromatic rings. The summed E-state index contributed by atoms with van der Waals surface area (Å²) < 4.78 is 6.93. The van der Waals surface area contributed by atoms with Crippen LogP contribution in [0, 0.1) is 13.8 Å². The number of hydrogen-bond acceptors (Lipinski definition) is 6. The fourth-order valence-corrected chi connectivity index (χ4v) is 3.55. The third-order valence-electron chi connectivity index (χ3n) is 4.19. The van der Waals surface area contributed by atoms with Gasteiger partial charge in [0.2, 0.25) is 5.91 Å². The molecule has 0 bridgehead atoms. The maximum Gasteiger partial charge on any atom is 0.236 e. The van der Waals surface area contributed by atoms with Crippen LogP contribution in [0.3, 0.4) is 0 Å². The second kappa shape index (κ2) is 8.32. The summed E-state index contributed by atoms with van der Waals surface area (Å²) in [7, 11) is 0. The Morgan fingerprint density at radius 2 is 1.83 bits per heavy atom. The molecular weight excluding hydrogens is 386 g/mol. The van der Waals surface area contributed by atoms with Crippen molar-refractivity contribution in [2.45, 2.75) is 19.0 Å². The first-order valence-corrected chi connectivity index (χ1v) is 10.0. The van der Waals surface area contributed by atoms with E-state index in [1.54, 1.807) is 13.0 Å². The first kappa shape index (κ1) is 18.9. The van der Waals surface area contributed by atoms with Crippen LogP contribution in [0.4, 0.5) is 5.82 Å². The van der Waals surface area contributed by atoms with Gasteiger partial charge in [-0.15, -0.1) is 10.2 Å². The molecule has 0 atom stereocenters. The summed E-state index contributed by atoms with van der Waals surface area (Å²) in [6.45, 7) is 3.81. The van der Waals surface area contributed by atoms with E-state index in [1.165, 1.54) is 17.3 Å². The van der Waals surface area contributed by atoms with Crippen LogP contribution in [-0.2, 0) is 4.79 Å². The zero-order valence-electron chi connectivity index (χ0n) is 16.0. The Morgan fingerprint density at radius 3 is 2.52 bits per heavy atom. The van der Waals surface area contributed by atoms with Gasteiger partial charge in [-0.05, 0) is 26.0 Å². The zero-order valence-corrected chi connectivity index (χ0v) is 16.8. The Hall–Kier alpha value is -3.39. The molecule has 0 aliphatic heterocycles. The molecule has 1 amide bonds. The second-order valence-electron chi connectivity index (χ2n) is 6.50. The highest BCUT2D eigenvalue weighted by atomic mass is 32.2. The average Bonchev–Trinajstić information content (AvgIpc) is 3.34. The number of rotatable bonds is 6. The molecule has 2 aromatic carbocycles. The highest BCUT2D eigenvalue weighted by Crippen LogP contribution is 2.28. The van der Waals surface area contributed by atoms with Gasteiger partial charge in [0, 0.05) is 17.3 Å². The van der Waals surface area contributed by atoms with Gasteiger partial charge in [-0.2, -0.15) is 0 Å². The molecule has 0 fully saturated rings. The van der Waals surface area contributed by atoms with Crippen molar-refractivity contribution >= 4 is 23.5 Å². The number of nitrogens with zero attached hydrogens (tertiary/aromatic N) is 4. The van der Waals surface area contributed by atoms with Crippen LogP contribution in [0.2, 0.25) is 0 Å². The standard InChI is InChI=1S/C21H19N5O2S/c1-14-8-10-17(11-9-14)26-20(16-6-4-3-5-7-16)23-24-21(26)29-13-19(27)22-18-12-15(2)28-25-18/h3-12H,13H2,1-2H3,(H,22,25,27). The van der Waals surface area contributed by atoms with Crippen molar-refractivity contribution in [3.05, 3.63) is 72.0 Å². The number of aryl methyl sites for hydroxylation is 2. The van der Waals surface area contributed by atoms with Crippen molar-refractivity contribution in [3.63, 3.8) is 0 Å². The molecule has 0 aliphatic rings. The van der Waals surface area contributed by atoms with Crippen molar-refractivity contribution in [1.29, 1.82) is 0 Å². The fourth-order valence-electron chi connectivity index (χ4n) is 2.80. The molecule has 2 aromatic heterocycles. The number of thioether (sulfide) groups is 1. The minimum atomic E-state index is -0.192. The van der Waals surface area contributed by atoms with Gasteiger partial charge in [0.05, 0.1) is 5.75 Å². The summed E-state index contributed by atoms with van der Waals surface area (Å²) in [5.41, 5.74) is 3.06. The van der Waals surface area contributed by atoms with E-state index in [9.17, 15) is 4.79 Å². The quantitative estimate of drug-likeness (QED) is 0.482. The van der Waals surface area contributed by atoms with Crippen molar-refractivity contribution in [3.8, 4) is 17.1 Å². The van der Waals surface area contributed by atoms with Crippen LogP contribution in [0.5, 0.6) is 0 Å². The largest absolute Gasteiger partial charge is 0.360 e. The number of nitrogens with one attached hydrogen (secondary N) is 1. The lowest BCUT2D eigenvalue weighted by molar-refractivity contribution is -0.113. The molecule has 4 rings (SSSR count). The van der Waals surface area contributed by atoms with Crippen LogP contribution in [0.15, 0.2) is 70.3 Å². The Morgan fingerprint density at radius 1 is 1.07 bits per heavy atom. The number of carbonyl (C=O) groups is 1. The lowest BCUT2D eigenvalue weighted by atomic mass is 10.2. The topological polar surface area (TPSA) is 85.8 Å². The fraction of sp³-hybridized carbons (Fsp3) is 0.143. The Kier molecular flexibility index (Phi) is 5.44. The predicted molar refractivity (Wildman–Crippen MR) is 112 cm³/mol. The Balaban J connectivity index is 1.60. The molecule has 7 nitrogen and oxygen atoms in total. The highest BCUT2D eigenvalue weighted by Gasteiger charge is 2.17. The van der Waals surface area contributed by atoms with Crippen molar-refractivity contribution in [2.75, 3.05) is 11.1 Å². The molecule has 0 spiro atoms. The highest BCUT2D eigenvalue weighted by molar-refractivity contribution is 7.99. The molecule has 2 heterocycles. The smallest absolute Gasteiger partial charge is 0.236 e. The van der Waals surface area contributed by atoms with Gasteiger partial charge in [-0.1, -0.05) is 64.9 Å². The molecule has 146 valence electrons. The summed E-state index contributed by atoms with van der Waals surface area (Å²) in [5.74, 6) is 1.75. The van der Waals surface area contributed by atoms with Crippen molar-refractivity contribution in [1.82, 2.24) is 19.9 Å². The van der Waals surface area contributed by atoms with Crippen LogP contribution in [0.25, 0.3) is 17.1 Å². The minimum absolute atomic E-state index is 0.171. The summed E-state index contributed by atoms with van der Waals surface area (Å²) in [6, 6.07) is 19.7. The van der Waals surface area contributed by atoms with Gasteiger partial charge in [0.25, 0.3) is 0 Å². The summed E-state index contributed by atoms with van der Waals surface area (Å²) in [4.78, 5) is 12.3. The third-order valence-corrected chi connectivity index (χ3v) is 5.11. The maximum atomic E-state index is 12.3. The van der Waals surface area contributed by atoms with Crippen molar-refractivity contribution in [2.24, 2.45) is 0 Å². The summed E-state index contributed by atoms with van der Waals surface area (Å²) in [5, 5.41) is 15.9. The number of hydrogen-bond donors (Lipinski definition) is 1. The van der Waals surface area contributed by atoms with E-state index in [4.69, 9.17) is 4.52 Å². The zero-order chi connectivity index (χ0) is 20.2. The first-order chi connectivity index (χ1) is 14.1. The van der Waals surface area contributed by atoms with Crippen LogP contribution in [-0.4, -0.2) is 31.6 Å². The SMILES string of the molecule is Cc1ccc(-n2c(SCC(=O)Nc3cc(C)on3)nnc2-c2ccccc2)cc1. The Bertz CT molecular complexity index is 1120. The van der Waals surface area contributed by atoms with Gasteiger partial charge in [-0.3, -0.25) is 9.36 Å². The molecule has 0 unspecified atom stereocenters. The van der Waals surface area contributed by atoms with E-state index in [0.29, 0.717) is 16.7 Å². The number of aromatic nitrogens is 4. The number of benzene rings is 2. The van der Waals surface area contributed by atoms with Gasteiger partial charge in [0.1, 0.15) is 5.76 Å². The average molecular weight is 405 g/mol. The molecular formula is C21H19N5O2S. The lowest BCUT2D eigenvalue weighted by Crippen LogP contribution is -2.14. The number of anilines is 1. The van der Waals surface area contributed by atoms with E-state index >= 15 is 0 Å². The van der Waals surface area contributed by atoms with Gasteiger partial charge in [0.15, 0.2) is 16.8 Å². The Labute approximate surface area is 172 Å². The van der Waals surface area contributed by atoms with Gasteiger partial charge >= 0.3 is 0 Å². The van der Waals surface area contributed by atoms with Crippen molar-refractivity contribution < 1.29 is 9.32 Å². The van der Waals surface area contributed by atoms with E-state index < -0.39 is 0 Å². The van der Waals surface area contributed by atoms with E-state index in [2.05, 4.69) is 20.7 Å². The molecule has 29 heavy (non-hydrogen) atoms. The molecule has 0 aliphatic carbocycles. The van der Waals surface area contributed by atoms with Gasteiger partial charge < -0.3 is 9.84 Å². The summed E-state index contributed by atoms with van der Waals surface area (Å²) >= 11 is 1.31. The van der Waals surface area contributed by atoms with Crippen LogP contribution >= 0.6 is 11.8 Å². The monoisotopic (exact) mass is 405 g/mol. The van der Waals surface area contributed by atoms with E-state index in [0.717, 1.165) is 17.1 Å². The molecule has 0 radical (unpaired) electrons. The maximum absolute atomic E-state index is 12.3. The predicted octanol–water partition coefficient (Wildman–Crippen LogP) is 4.27. The van der Waals surface area contributed by atoms with E-state index in [-0.39, 0.29) is 11.7 Å². The van der Waals surface area contributed by atoms with Gasteiger partial charge in [-0.25, -0.2) is 0 Å². The van der Waals surface area contributed by atoms with E-state index in [1.807, 2.05) is 66.1 Å². The normalized spacial score (nSPS) is 10.8. The minimum Gasteiger partial charge on any atom is -0.360 e. The summed E-state index contributed by atoms with van der Waals surface area (Å²) in [6.07, 6.45) is 0. The van der Waals surface area contributed by atoms with Crippen LogP contribution < -0.4 is 5.32 Å². The number of carbonyl (C=O) groups excluding carboxylic acids is 1. The third kappa shape index (κ3) is 4.38. The van der Waals surface area contributed by atoms with Crippen LogP contribution in [0.1, 0.15) is 11.3 Å². The second-order valence-corrected chi connectivity index (χ2v) is 7.45. The lowest BCUT2D eigenvalue weighted by Gasteiger charge is -2.10. The molecule has 0 saturated heterocycles.